The summed E-state index contributed by atoms with van der Waals surface area (Å²) in [6, 6.07) is 3.14. The van der Waals surface area contributed by atoms with Crippen LogP contribution in [0.15, 0.2) is 28.9 Å². The first-order chi connectivity index (χ1) is 12.6. The fraction of sp³-hybridized carbons (Fsp3) is 0.312. The standard InChI is InChI=1S/C16H15F3N6O2/c1-8-6-11(25(3)23-8)14(26)21-9(2)15-22-13(24-27-15)10-4-5-20-12(7-10)16(17,18)19/h4-7,9H,1-3H3,(H,21,26)/t9-/m0/s1. The van der Waals surface area contributed by atoms with E-state index in [0.29, 0.717) is 11.4 Å². The number of nitrogens with zero attached hydrogens (tertiary/aromatic N) is 5. The normalized spacial score (nSPS) is 12.8. The van der Waals surface area contributed by atoms with Crippen LogP contribution in [0.25, 0.3) is 11.4 Å². The second kappa shape index (κ2) is 6.82. The molecule has 3 rings (SSSR count). The number of carbonyl (C=O) groups excluding carboxylic acids is 1. The summed E-state index contributed by atoms with van der Waals surface area (Å²) in [5.74, 6) is -0.369. The van der Waals surface area contributed by atoms with Crippen LogP contribution in [0.2, 0.25) is 0 Å². The van der Waals surface area contributed by atoms with Gasteiger partial charge < -0.3 is 9.84 Å². The molecular formula is C16H15F3N6O2. The minimum absolute atomic E-state index is 0.0321. The zero-order valence-corrected chi connectivity index (χ0v) is 14.6. The van der Waals surface area contributed by atoms with E-state index in [1.807, 2.05) is 0 Å². The molecule has 3 aromatic rings. The summed E-state index contributed by atoms with van der Waals surface area (Å²) in [5, 5.41) is 10.5. The van der Waals surface area contributed by atoms with E-state index in [0.717, 1.165) is 12.3 Å². The third-order valence-corrected chi connectivity index (χ3v) is 3.70. The van der Waals surface area contributed by atoms with Gasteiger partial charge in [0.1, 0.15) is 17.4 Å². The molecule has 11 heteroatoms. The van der Waals surface area contributed by atoms with Crippen LogP contribution in [-0.4, -0.2) is 30.8 Å². The summed E-state index contributed by atoms with van der Waals surface area (Å²) < 4.78 is 44.8. The van der Waals surface area contributed by atoms with E-state index >= 15 is 0 Å². The Morgan fingerprint density at radius 3 is 2.70 bits per heavy atom. The first-order valence-corrected chi connectivity index (χ1v) is 7.84. The minimum atomic E-state index is -4.58. The van der Waals surface area contributed by atoms with Crippen LogP contribution >= 0.6 is 0 Å². The van der Waals surface area contributed by atoms with Crippen molar-refractivity contribution in [2.24, 2.45) is 7.05 Å². The molecule has 1 amide bonds. The van der Waals surface area contributed by atoms with Gasteiger partial charge in [0, 0.05) is 18.8 Å². The van der Waals surface area contributed by atoms with Crippen molar-refractivity contribution in [3.8, 4) is 11.4 Å². The fourth-order valence-electron chi connectivity index (χ4n) is 2.41. The summed E-state index contributed by atoms with van der Waals surface area (Å²) in [5.41, 5.74) is 0.0870. The van der Waals surface area contributed by atoms with Crippen LogP contribution in [0.4, 0.5) is 13.2 Å². The lowest BCUT2D eigenvalue weighted by atomic mass is 10.2. The molecule has 0 saturated heterocycles. The van der Waals surface area contributed by atoms with E-state index in [9.17, 15) is 18.0 Å². The van der Waals surface area contributed by atoms with Gasteiger partial charge in [0.05, 0.1) is 5.69 Å². The Hall–Kier alpha value is -3.24. The van der Waals surface area contributed by atoms with Crippen LogP contribution < -0.4 is 5.32 Å². The molecule has 0 bridgehead atoms. The number of hydrogen-bond acceptors (Lipinski definition) is 6. The summed E-state index contributed by atoms with van der Waals surface area (Å²) in [6.07, 6.45) is -3.56. The maximum atomic E-state index is 12.8. The number of pyridine rings is 1. The van der Waals surface area contributed by atoms with Crippen molar-refractivity contribution < 1.29 is 22.5 Å². The molecule has 0 aliphatic rings. The summed E-state index contributed by atoms with van der Waals surface area (Å²) in [6.45, 7) is 3.38. The van der Waals surface area contributed by atoms with Crippen molar-refractivity contribution >= 4 is 5.91 Å². The fourth-order valence-corrected chi connectivity index (χ4v) is 2.41. The lowest BCUT2D eigenvalue weighted by Crippen LogP contribution is -2.28. The number of hydrogen-bond donors (Lipinski definition) is 1. The largest absolute Gasteiger partial charge is 0.433 e. The first-order valence-electron chi connectivity index (χ1n) is 7.84. The molecule has 0 unspecified atom stereocenters. The first kappa shape index (κ1) is 18.5. The number of aromatic nitrogens is 5. The zero-order valence-electron chi connectivity index (χ0n) is 14.6. The third-order valence-electron chi connectivity index (χ3n) is 3.70. The highest BCUT2D eigenvalue weighted by Crippen LogP contribution is 2.30. The Morgan fingerprint density at radius 2 is 2.07 bits per heavy atom. The monoisotopic (exact) mass is 380 g/mol. The van der Waals surface area contributed by atoms with E-state index in [1.165, 1.54) is 10.7 Å². The molecule has 1 atom stereocenters. The van der Waals surface area contributed by atoms with Crippen LogP contribution in [0.1, 0.15) is 40.7 Å². The highest BCUT2D eigenvalue weighted by Gasteiger charge is 2.33. The SMILES string of the molecule is Cc1cc(C(=O)N[C@@H](C)c2nc(-c3ccnc(C(F)(F)F)c3)no2)n(C)n1. The Kier molecular flexibility index (Phi) is 4.68. The summed E-state index contributed by atoms with van der Waals surface area (Å²) in [7, 11) is 1.64. The van der Waals surface area contributed by atoms with Crippen molar-refractivity contribution in [3.63, 3.8) is 0 Å². The van der Waals surface area contributed by atoms with Gasteiger partial charge >= 0.3 is 6.18 Å². The molecule has 27 heavy (non-hydrogen) atoms. The maximum Gasteiger partial charge on any atom is 0.433 e. The van der Waals surface area contributed by atoms with Gasteiger partial charge in [-0.15, -0.1) is 0 Å². The number of alkyl halides is 3. The number of aryl methyl sites for hydroxylation is 2. The molecule has 0 aromatic carbocycles. The van der Waals surface area contributed by atoms with Crippen molar-refractivity contribution in [1.29, 1.82) is 0 Å². The Bertz CT molecular complexity index is 979. The average molecular weight is 380 g/mol. The van der Waals surface area contributed by atoms with Gasteiger partial charge in [0.15, 0.2) is 0 Å². The summed E-state index contributed by atoms with van der Waals surface area (Å²) in [4.78, 5) is 19.7. The molecule has 0 aliphatic carbocycles. The molecule has 0 aliphatic heterocycles. The average Bonchev–Trinajstić information content (AvgIpc) is 3.21. The van der Waals surface area contributed by atoms with Crippen molar-refractivity contribution in [3.05, 3.63) is 47.4 Å². The second-order valence-corrected chi connectivity index (χ2v) is 5.87. The second-order valence-electron chi connectivity index (χ2n) is 5.87. The third kappa shape index (κ3) is 3.96. The quantitative estimate of drug-likeness (QED) is 0.747. The Balaban J connectivity index is 1.77. The molecule has 0 spiro atoms. The minimum Gasteiger partial charge on any atom is -0.339 e. The van der Waals surface area contributed by atoms with Gasteiger partial charge in [-0.1, -0.05) is 5.16 Å². The number of amides is 1. The van der Waals surface area contributed by atoms with Gasteiger partial charge in [-0.25, -0.2) is 0 Å². The maximum absolute atomic E-state index is 12.8. The molecule has 1 N–H and O–H groups in total. The van der Waals surface area contributed by atoms with Crippen LogP contribution in [0.5, 0.6) is 0 Å². The topological polar surface area (TPSA) is 98.7 Å². The highest BCUT2D eigenvalue weighted by atomic mass is 19.4. The van der Waals surface area contributed by atoms with Gasteiger partial charge in [-0.3, -0.25) is 14.5 Å². The summed E-state index contributed by atoms with van der Waals surface area (Å²) >= 11 is 0. The van der Waals surface area contributed by atoms with E-state index in [-0.39, 0.29) is 17.3 Å². The zero-order chi connectivity index (χ0) is 19.8. The molecule has 0 fully saturated rings. The van der Waals surface area contributed by atoms with Crippen LogP contribution in [0.3, 0.4) is 0 Å². The molecule has 142 valence electrons. The Morgan fingerprint density at radius 1 is 1.33 bits per heavy atom. The predicted molar refractivity (Wildman–Crippen MR) is 86.4 cm³/mol. The van der Waals surface area contributed by atoms with Crippen LogP contribution in [0, 0.1) is 6.92 Å². The van der Waals surface area contributed by atoms with Gasteiger partial charge in [-0.2, -0.15) is 23.3 Å². The highest BCUT2D eigenvalue weighted by molar-refractivity contribution is 5.92. The molecular weight excluding hydrogens is 365 g/mol. The van der Waals surface area contributed by atoms with Crippen molar-refractivity contribution in [2.75, 3.05) is 0 Å². The smallest absolute Gasteiger partial charge is 0.339 e. The lowest BCUT2D eigenvalue weighted by Gasteiger charge is -2.09. The van der Waals surface area contributed by atoms with Crippen molar-refractivity contribution in [2.45, 2.75) is 26.1 Å². The number of halogens is 3. The van der Waals surface area contributed by atoms with E-state index in [2.05, 4.69) is 25.5 Å². The number of nitrogens with one attached hydrogen (secondary N) is 1. The molecule has 3 heterocycles. The van der Waals surface area contributed by atoms with E-state index < -0.39 is 23.8 Å². The Labute approximate surface area is 151 Å². The predicted octanol–water partition coefficient (Wildman–Crippen LogP) is 2.68. The van der Waals surface area contributed by atoms with Gasteiger partial charge in [-0.05, 0) is 32.0 Å². The molecule has 0 saturated carbocycles. The van der Waals surface area contributed by atoms with Crippen molar-refractivity contribution in [1.82, 2.24) is 30.2 Å². The van der Waals surface area contributed by atoms with Gasteiger partial charge in [0.25, 0.3) is 5.91 Å². The molecule has 8 nitrogen and oxygen atoms in total. The molecule has 0 radical (unpaired) electrons. The molecule has 3 aromatic heterocycles. The lowest BCUT2D eigenvalue weighted by molar-refractivity contribution is -0.141. The van der Waals surface area contributed by atoms with E-state index in [1.54, 1.807) is 27.0 Å². The number of carbonyl (C=O) groups is 1. The van der Waals surface area contributed by atoms with E-state index in [4.69, 9.17) is 4.52 Å². The number of rotatable bonds is 4. The van der Waals surface area contributed by atoms with Crippen LogP contribution in [-0.2, 0) is 13.2 Å². The van der Waals surface area contributed by atoms with Gasteiger partial charge in [0.2, 0.25) is 11.7 Å².